The van der Waals surface area contributed by atoms with Gasteiger partial charge in [0, 0.05) is 27.8 Å². The van der Waals surface area contributed by atoms with Gasteiger partial charge in [-0.05, 0) is 48.7 Å². The van der Waals surface area contributed by atoms with Crippen molar-refractivity contribution in [3.05, 3.63) is 58.6 Å². The molecule has 0 bridgehead atoms. The number of rotatable bonds is 4. The van der Waals surface area contributed by atoms with Gasteiger partial charge in [0.1, 0.15) is 11.6 Å². The number of nitrogen functional groups attached to an aromatic ring is 1. The summed E-state index contributed by atoms with van der Waals surface area (Å²) in [7, 11) is 0. The average Bonchev–Trinajstić information content (AvgIpc) is 3.36. The van der Waals surface area contributed by atoms with Crippen LogP contribution in [0.25, 0.3) is 17.2 Å². The largest absolute Gasteiger partial charge is 0.398 e. The second-order valence-corrected chi connectivity index (χ2v) is 6.24. The molecule has 3 rings (SSSR count). The van der Waals surface area contributed by atoms with Crippen molar-refractivity contribution in [2.75, 3.05) is 5.73 Å². The number of hydrogen-bond acceptors (Lipinski definition) is 3. The summed E-state index contributed by atoms with van der Waals surface area (Å²) in [6, 6.07) is 9.39. The van der Waals surface area contributed by atoms with Crippen LogP contribution in [0, 0.1) is 11.7 Å². The predicted molar refractivity (Wildman–Crippen MR) is 94.3 cm³/mol. The molecule has 6 heteroatoms. The Balaban J connectivity index is 1.84. The molecule has 0 aromatic heterocycles. The zero-order valence-electron chi connectivity index (χ0n) is 12.9. The molecule has 124 valence electrons. The van der Waals surface area contributed by atoms with Crippen LogP contribution in [0.3, 0.4) is 0 Å². The van der Waals surface area contributed by atoms with Gasteiger partial charge in [0.05, 0.1) is 0 Å². The Morgan fingerprint density at radius 2 is 2.00 bits per heavy atom. The lowest BCUT2D eigenvalue weighted by atomic mass is 10.0. The summed E-state index contributed by atoms with van der Waals surface area (Å²) in [5.41, 5.74) is 14.3. The van der Waals surface area contributed by atoms with E-state index in [0.29, 0.717) is 27.4 Å². The lowest BCUT2D eigenvalue weighted by molar-refractivity contribution is -0.121. The smallest absolute Gasteiger partial charge is 0.228 e. The van der Waals surface area contributed by atoms with Crippen LogP contribution in [0.2, 0.25) is 5.02 Å². The van der Waals surface area contributed by atoms with Crippen molar-refractivity contribution >= 4 is 29.3 Å². The first-order valence-electron chi connectivity index (χ1n) is 7.57. The molecular formula is C18H17ClFN3O. The van der Waals surface area contributed by atoms with Gasteiger partial charge in [-0.25, -0.2) is 4.39 Å². The van der Waals surface area contributed by atoms with E-state index >= 15 is 0 Å². The van der Waals surface area contributed by atoms with Crippen LogP contribution in [0.1, 0.15) is 18.4 Å². The maximum atomic E-state index is 13.4. The number of anilines is 1. The zero-order valence-corrected chi connectivity index (χ0v) is 13.6. The van der Waals surface area contributed by atoms with Crippen molar-refractivity contribution in [1.29, 1.82) is 0 Å². The third-order valence-electron chi connectivity index (χ3n) is 3.85. The van der Waals surface area contributed by atoms with Crippen LogP contribution in [0.15, 0.2) is 42.2 Å². The first-order chi connectivity index (χ1) is 11.4. The SMILES string of the molecule is N/C(=C\c1ccc(-c2cc(F)ccc2Cl)cc1N)NC(=O)C1CC1. The number of nitrogens with two attached hydrogens (primary N) is 2. The fourth-order valence-electron chi connectivity index (χ4n) is 2.39. The molecule has 0 atom stereocenters. The molecule has 0 unspecified atom stereocenters. The Morgan fingerprint density at radius 3 is 2.67 bits per heavy atom. The van der Waals surface area contributed by atoms with Gasteiger partial charge in [-0.15, -0.1) is 0 Å². The average molecular weight is 346 g/mol. The summed E-state index contributed by atoms with van der Waals surface area (Å²) < 4.78 is 13.4. The minimum absolute atomic E-state index is 0.0644. The molecule has 2 aromatic carbocycles. The van der Waals surface area contributed by atoms with Crippen molar-refractivity contribution < 1.29 is 9.18 Å². The van der Waals surface area contributed by atoms with Gasteiger partial charge >= 0.3 is 0 Å². The van der Waals surface area contributed by atoms with Crippen molar-refractivity contribution in [3.8, 4) is 11.1 Å². The third-order valence-corrected chi connectivity index (χ3v) is 4.18. The molecule has 1 aliphatic rings. The van der Waals surface area contributed by atoms with Gasteiger partial charge in [0.2, 0.25) is 5.91 Å². The minimum Gasteiger partial charge on any atom is -0.398 e. The van der Waals surface area contributed by atoms with Gasteiger partial charge < -0.3 is 16.8 Å². The Hall–Kier alpha value is -2.53. The molecule has 1 saturated carbocycles. The molecule has 24 heavy (non-hydrogen) atoms. The fourth-order valence-corrected chi connectivity index (χ4v) is 2.61. The number of amides is 1. The lowest BCUT2D eigenvalue weighted by Crippen LogP contribution is -2.28. The van der Waals surface area contributed by atoms with Crippen LogP contribution >= 0.6 is 11.6 Å². The number of hydrogen-bond donors (Lipinski definition) is 3. The van der Waals surface area contributed by atoms with Crippen molar-refractivity contribution in [1.82, 2.24) is 5.32 Å². The van der Waals surface area contributed by atoms with E-state index < -0.39 is 0 Å². The van der Waals surface area contributed by atoms with Crippen molar-refractivity contribution in [2.24, 2.45) is 11.7 Å². The maximum absolute atomic E-state index is 13.4. The van der Waals surface area contributed by atoms with E-state index in [-0.39, 0.29) is 23.5 Å². The molecule has 0 radical (unpaired) electrons. The Morgan fingerprint density at radius 1 is 1.25 bits per heavy atom. The van der Waals surface area contributed by atoms with E-state index in [0.717, 1.165) is 12.8 Å². The highest BCUT2D eigenvalue weighted by molar-refractivity contribution is 6.33. The van der Waals surface area contributed by atoms with Crippen molar-refractivity contribution in [2.45, 2.75) is 12.8 Å². The molecule has 1 amide bonds. The normalized spacial score (nSPS) is 14.5. The molecule has 0 heterocycles. The number of halogens is 2. The Labute approximate surface area is 144 Å². The molecule has 0 spiro atoms. The molecule has 5 N–H and O–H groups in total. The number of nitrogens with one attached hydrogen (secondary N) is 1. The summed E-state index contributed by atoms with van der Waals surface area (Å²) >= 11 is 6.11. The summed E-state index contributed by atoms with van der Waals surface area (Å²) in [5.74, 6) is -0.114. The number of carbonyl (C=O) groups is 1. The van der Waals surface area contributed by atoms with Crippen LogP contribution in [0.5, 0.6) is 0 Å². The molecule has 0 aliphatic heterocycles. The van der Waals surface area contributed by atoms with E-state index in [9.17, 15) is 9.18 Å². The first kappa shape index (κ1) is 16.3. The second kappa shape index (κ2) is 6.53. The third kappa shape index (κ3) is 3.68. The van der Waals surface area contributed by atoms with Crippen LogP contribution in [0.4, 0.5) is 10.1 Å². The van der Waals surface area contributed by atoms with E-state index in [1.807, 2.05) is 0 Å². The molecule has 0 saturated heterocycles. The molecule has 1 fully saturated rings. The molecule has 2 aromatic rings. The summed E-state index contributed by atoms with van der Waals surface area (Å²) in [6.45, 7) is 0. The van der Waals surface area contributed by atoms with Gasteiger partial charge in [-0.2, -0.15) is 0 Å². The Kier molecular flexibility index (Phi) is 4.44. The van der Waals surface area contributed by atoms with E-state index in [1.54, 1.807) is 24.3 Å². The standard InChI is InChI=1S/C18H17ClFN3O/c19-15-6-5-13(20)9-14(15)11-3-4-12(16(21)7-11)8-17(22)23-18(24)10-1-2-10/h3-10H,1-2,21-22H2,(H,23,24)/b17-8+. The molecule has 4 nitrogen and oxygen atoms in total. The van der Waals surface area contributed by atoms with E-state index in [2.05, 4.69) is 5.32 Å². The highest BCUT2D eigenvalue weighted by atomic mass is 35.5. The topological polar surface area (TPSA) is 81.1 Å². The fraction of sp³-hybridized carbons (Fsp3) is 0.167. The van der Waals surface area contributed by atoms with Gasteiger partial charge in [0.25, 0.3) is 0 Å². The highest BCUT2D eigenvalue weighted by Gasteiger charge is 2.29. The first-order valence-corrected chi connectivity index (χ1v) is 7.95. The molecule has 1 aliphatic carbocycles. The van der Waals surface area contributed by atoms with Crippen LogP contribution in [-0.2, 0) is 4.79 Å². The van der Waals surface area contributed by atoms with Gasteiger partial charge in [0.15, 0.2) is 0 Å². The van der Waals surface area contributed by atoms with Crippen LogP contribution < -0.4 is 16.8 Å². The minimum atomic E-state index is -0.371. The van der Waals surface area contributed by atoms with E-state index in [4.69, 9.17) is 23.1 Å². The van der Waals surface area contributed by atoms with Gasteiger partial charge in [-0.1, -0.05) is 23.7 Å². The number of carbonyl (C=O) groups excluding carboxylic acids is 1. The van der Waals surface area contributed by atoms with Crippen LogP contribution in [-0.4, -0.2) is 5.91 Å². The quantitative estimate of drug-likeness (QED) is 0.742. The Bertz CT molecular complexity index is 831. The van der Waals surface area contributed by atoms with Gasteiger partial charge in [-0.3, -0.25) is 4.79 Å². The van der Waals surface area contributed by atoms with Crippen molar-refractivity contribution in [3.63, 3.8) is 0 Å². The predicted octanol–water partition coefficient (Wildman–Crippen LogP) is 3.51. The molecular weight excluding hydrogens is 329 g/mol. The summed E-state index contributed by atoms with van der Waals surface area (Å²) in [5, 5.41) is 3.09. The zero-order chi connectivity index (χ0) is 17.3. The summed E-state index contributed by atoms with van der Waals surface area (Å²) in [6.07, 6.45) is 3.42. The monoisotopic (exact) mass is 345 g/mol. The lowest BCUT2D eigenvalue weighted by Gasteiger charge is -2.09. The number of benzene rings is 2. The summed E-state index contributed by atoms with van der Waals surface area (Å²) in [4.78, 5) is 11.7. The second-order valence-electron chi connectivity index (χ2n) is 5.83. The maximum Gasteiger partial charge on any atom is 0.228 e. The van der Waals surface area contributed by atoms with E-state index in [1.165, 1.54) is 18.2 Å². The highest BCUT2D eigenvalue weighted by Crippen LogP contribution is 2.31.